The SMILES string of the molecule is COC(=O)N[C@H](C(=O)Nc1cccc(F)c1CC[C@H]1CN(C)C(CCCS(=O)O)CN1)[C@@H](c1ccc(Cl)cc1)C1CCS(=O)(=O)CC1. The van der Waals surface area contributed by atoms with Crippen molar-refractivity contribution in [2.45, 2.75) is 62.6 Å². The van der Waals surface area contributed by atoms with E-state index in [2.05, 4.69) is 20.9 Å². The van der Waals surface area contributed by atoms with Crippen molar-refractivity contribution in [2.24, 2.45) is 5.92 Å². The molecule has 0 radical (unpaired) electrons. The summed E-state index contributed by atoms with van der Waals surface area (Å²) in [7, 11) is -0.00374. The summed E-state index contributed by atoms with van der Waals surface area (Å²) in [5.74, 6) is -1.75. The Morgan fingerprint density at radius 2 is 1.87 bits per heavy atom. The lowest BCUT2D eigenvalue weighted by molar-refractivity contribution is -0.119. The Hall–Kier alpha value is -2.62. The van der Waals surface area contributed by atoms with Gasteiger partial charge in [0, 0.05) is 53.1 Å². The number of amides is 2. The Bertz CT molecular complexity index is 1500. The topological polar surface area (TPSA) is 154 Å². The molecule has 4 N–H and O–H groups in total. The monoisotopic (exact) mass is 714 g/mol. The van der Waals surface area contributed by atoms with E-state index in [1.54, 1.807) is 30.3 Å². The molecular formula is C32H44ClFN4O7S2. The number of nitrogens with zero attached hydrogens (tertiary/aromatic N) is 1. The number of sulfone groups is 1. The summed E-state index contributed by atoms with van der Waals surface area (Å²) in [6, 6.07) is 10.5. The molecule has 2 aromatic rings. The molecule has 11 nitrogen and oxygen atoms in total. The highest BCUT2D eigenvalue weighted by Crippen LogP contribution is 2.37. The zero-order chi connectivity index (χ0) is 34.1. The predicted molar refractivity (Wildman–Crippen MR) is 181 cm³/mol. The first-order valence-corrected chi connectivity index (χ1v) is 19.2. The number of ether oxygens (including phenoxy) is 1. The van der Waals surface area contributed by atoms with Crippen molar-refractivity contribution >= 4 is 50.2 Å². The van der Waals surface area contributed by atoms with Gasteiger partial charge in [-0.25, -0.2) is 21.8 Å². The van der Waals surface area contributed by atoms with E-state index in [4.69, 9.17) is 20.9 Å². The number of methoxy groups -OCH3 is 1. The molecule has 2 saturated heterocycles. The molecule has 0 spiro atoms. The van der Waals surface area contributed by atoms with Crippen LogP contribution >= 0.6 is 11.6 Å². The second-order valence-electron chi connectivity index (χ2n) is 12.3. The van der Waals surface area contributed by atoms with Gasteiger partial charge < -0.3 is 30.1 Å². The zero-order valence-electron chi connectivity index (χ0n) is 26.6. The van der Waals surface area contributed by atoms with E-state index < -0.39 is 50.7 Å². The molecule has 0 aromatic heterocycles. The molecule has 2 amide bonds. The molecule has 2 fully saturated rings. The number of rotatable bonds is 13. The van der Waals surface area contributed by atoms with Crippen LogP contribution in [0.2, 0.25) is 5.02 Å². The van der Waals surface area contributed by atoms with Crippen molar-refractivity contribution in [3.63, 3.8) is 0 Å². The van der Waals surface area contributed by atoms with Crippen LogP contribution in [0.1, 0.15) is 49.1 Å². The van der Waals surface area contributed by atoms with Gasteiger partial charge in [-0.15, -0.1) is 0 Å². The number of hydrogen-bond donors (Lipinski definition) is 4. The lowest BCUT2D eigenvalue weighted by Crippen LogP contribution is -2.55. The number of alkyl carbamates (subject to hydrolysis) is 1. The molecule has 260 valence electrons. The third-order valence-electron chi connectivity index (χ3n) is 9.21. The molecule has 2 aliphatic heterocycles. The molecule has 5 atom stereocenters. The average Bonchev–Trinajstić information content (AvgIpc) is 3.02. The highest BCUT2D eigenvalue weighted by molar-refractivity contribution is 7.91. The number of halogens is 2. The summed E-state index contributed by atoms with van der Waals surface area (Å²) in [6.07, 6.45) is 2.14. The van der Waals surface area contributed by atoms with Crippen LogP contribution in [0.3, 0.4) is 0 Å². The number of hydrogen-bond acceptors (Lipinski definition) is 8. The van der Waals surface area contributed by atoms with Gasteiger partial charge >= 0.3 is 6.09 Å². The summed E-state index contributed by atoms with van der Waals surface area (Å²) in [6.45, 7) is 1.42. The number of piperazine rings is 1. The molecule has 2 aromatic carbocycles. The Morgan fingerprint density at radius 1 is 1.17 bits per heavy atom. The van der Waals surface area contributed by atoms with E-state index in [-0.39, 0.29) is 40.9 Å². The lowest BCUT2D eigenvalue weighted by atomic mass is 9.77. The van der Waals surface area contributed by atoms with Gasteiger partial charge in [-0.3, -0.25) is 4.79 Å². The van der Waals surface area contributed by atoms with Gasteiger partial charge in [-0.05, 0) is 81.3 Å². The number of anilines is 1. The van der Waals surface area contributed by atoms with Crippen molar-refractivity contribution in [3.8, 4) is 0 Å². The van der Waals surface area contributed by atoms with Crippen LogP contribution in [-0.2, 0) is 36.9 Å². The highest BCUT2D eigenvalue weighted by Gasteiger charge is 2.40. The summed E-state index contributed by atoms with van der Waals surface area (Å²) >= 11 is 4.35. The Morgan fingerprint density at radius 3 is 2.51 bits per heavy atom. The smallest absolute Gasteiger partial charge is 0.407 e. The van der Waals surface area contributed by atoms with Crippen LogP contribution in [0.25, 0.3) is 0 Å². The number of benzene rings is 2. The fourth-order valence-corrected chi connectivity index (χ4v) is 8.70. The van der Waals surface area contributed by atoms with Gasteiger partial charge in [0.1, 0.15) is 21.7 Å². The largest absolute Gasteiger partial charge is 0.453 e. The standard InChI is InChI=1S/C32H44ClFN4O7S2/c1-38-20-24(35-19-25(38)5-4-16-46(41)42)12-13-26-27(34)6-3-7-28(26)36-31(39)30(37-32(40)45-2)29(21-8-10-23(33)11-9-21)22-14-17-47(43,44)18-15-22/h3,6-11,22,24-25,29-30,35H,4-5,12-20H2,1-2H3,(H,36,39)(H,37,40)(H,41,42)/t24-,25?,29-,30-/m0/s1. The fourth-order valence-electron chi connectivity index (χ4n) is 6.63. The molecular weight excluding hydrogens is 671 g/mol. The number of carbonyl (C=O) groups is 2. The van der Waals surface area contributed by atoms with E-state index >= 15 is 4.39 Å². The fraction of sp³-hybridized carbons (Fsp3) is 0.562. The Kier molecular flexibility index (Phi) is 13.6. The van der Waals surface area contributed by atoms with Gasteiger partial charge in [0.2, 0.25) is 5.91 Å². The second kappa shape index (κ2) is 17.2. The normalized spacial score (nSPS) is 22.1. The second-order valence-corrected chi connectivity index (χ2v) is 16.1. The molecule has 4 rings (SSSR count). The number of likely N-dealkylation sites (N-methyl/N-ethyl adjacent to an activating group) is 1. The predicted octanol–water partition coefficient (Wildman–Crippen LogP) is 3.96. The van der Waals surface area contributed by atoms with Crippen LogP contribution in [0, 0.1) is 11.7 Å². The van der Waals surface area contributed by atoms with Crippen LogP contribution < -0.4 is 16.0 Å². The summed E-state index contributed by atoms with van der Waals surface area (Å²) in [5, 5.41) is 9.53. The van der Waals surface area contributed by atoms with Gasteiger partial charge in [-0.2, -0.15) is 0 Å². The first-order valence-electron chi connectivity index (χ1n) is 15.8. The molecule has 0 bridgehead atoms. The number of carbonyl (C=O) groups excluding carboxylic acids is 2. The molecule has 0 aliphatic carbocycles. The number of nitrogens with one attached hydrogen (secondary N) is 3. The maximum atomic E-state index is 15.3. The quantitative estimate of drug-likeness (QED) is 0.226. The minimum atomic E-state index is -3.20. The van der Waals surface area contributed by atoms with E-state index in [1.807, 2.05) is 7.05 Å². The summed E-state index contributed by atoms with van der Waals surface area (Å²) in [4.78, 5) is 28.9. The van der Waals surface area contributed by atoms with Gasteiger partial charge in [0.15, 0.2) is 11.1 Å². The van der Waals surface area contributed by atoms with Crippen LogP contribution in [0.5, 0.6) is 0 Å². The van der Waals surface area contributed by atoms with Crippen LogP contribution in [-0.4, -0.2) is 96.7 Å². The minimum Gasteiger partial charge on any atom is -0.453 e. The van der Waals surface area contributed by atoms with Gasteiger partial charge in [-0.1, -0.05) is 29.8 Å². The average molecular weight is 715 g/mol. The van der Waals surface area contributed by atoms with Crippen molar-refractivity contribution in [1.29, 1.82) is 0 Å². The first kappa shape index (κ1) is 37.2. The van der Waals surface area contributed by atoms with Crippen molar-refractivity contribution in [2.75, 3.05) is 49.8 Å². The van der Waals surface area contributed by atoms with E-state index in [1.165, 1.54) is 19.2 Å². The Balaban J connectivity index is 1.52. The molecule has 2 heterocycles. The van der Waals surface area contributed by atoms with Crippen molar-refractivity contribution in [3.05, 3.63) is 64.4 Å². The maximum Gasteiger partial charge on any atom is 0.407 e. The van der Waals surface area contributed by atoms with E-state index in [9.17, 15) is 22.2 Å². The minimum absolute atomic E-state index is 0.0307. The van der Waals surface area contributed by atoms with Crippen LogP contribution in [0.4, 0.5) is 14.9 Å². The van der Waals surface area contributed by atoms with Crippen LogP contribution in [0.15, 0.2) is 42.5 Å². The van der Waals surface area contributed by atoms with Crippen molar-refractivity contribution in [1.82, 2.24) is 15.5 Å². The molecule has 2 unspecified atom stereocenters. The lowest BCUT2D eigenvalue weighted by Gasteiger charge is -2.38. The third-order valence-corrected chi connectivity index (χ3v) is 11.8. The van der Waals surface area contributed by atoms with Crippen molar-refractivity contribution < 1.29 is 35.9 Å². The molecule has 0 saturated carbocycles. The highest BCUT2D eigenvalue weighted by atomic mass is 35.5. The summed E-state index contributed by atoms with van der Waals surface area (Å²) < 4.78 is 64.7. The van der Waals surface area contributed by atoms with E-state index in [0.717, 1.165) is 6.42 Å². The van der Waals surface area contributed by atoms with Gasteiger partial charge in [0.25, 0.3) is 0 Å². The van der Waals surface area contributed by atoms with Gasteiger partial charge in [0.05, 0.1) is 18.6 Å². The molecule has 47 heavy (non-hydrogen) atoms. The zero-order valence-corrected chi connectivity index (χ0v) is 29.0. The first-order chi connectivity index (χ1) is 22.4. The third kappa shape index (κ3) is 10.7. The molecule has 2 aliphatic rings. The molecule has 15 heteroatoms. The summed E-state index contributed by atoms with van der Waals surface area (Å²) in [5.41, 5.74) is 1.32. The van der Waals surface area contributed by atoms with E-state index in [0.29, 0.717) is 61.3 Å². The Labute approximate surface area is 283 Å². The maximum absolute atomic E-state index is 15.3.